The van der Waals surface area contributed by atoms with Crippen LogP contribution in [0.2, 0.25) is 0 Å². The largest absolute Gasteiger partial charge is 0.310 e. The summed E-state index contributed by atoms with van der Waals surface area (Å²) in [5.41, 5.74) is 1.52. The highest BCUT2D eigenvalue weighted by atomic mass is 32.1. The van der Waals surface area contributed by atoms with Crippen LogP contribution in [0.3, 0.4) is 0 Å². The molecule has 18 heavy (non-hydrogen) atoms. The van der Waals surface area contributed by atoms with E-state index in [4.69, 9.17) is 0 Å². The molecule has 1 aliphatic rings. The average molecular weight is 259 g/mol. The normalized spacial score (nSPS) is 17.8. The number of nitrogens with one attached hydrogen (secondary N) is 1. The molecule has 1 saturated carbocycles. The molecule has 0 bridgehead atoms. The summed E-state index contributed by atoms with van der Waals surface area (Å²) >= 11 is 1.88. The molecule has 96 valence electrons. The predicted molar refractivity (Wildman–Crippen MR) is 80.2 cm³/mol. The lowest BCUT2D eigenvalue weighted by atomic mass is 9.79. The molecule has 1 atom stereocenters. The summed E-state index contributed by atoms with van der Waals surface area (Å²) in [6.07, 6.45) is 5.62. The molecular weight excluding hydrogens is 238 g/mol. The lowest BCUT2D eigenvalue weighted by Gasteiger charge is -2.30. The van der Waals surface area contributed by atoms with Gasteiger partial charge >= 0.3 is 0 Å². The second kappa shape index (κ2) is 5.41. The molecule has 1 aliphatic carbocycles. The summed E-state index contributed by atoms with van der Waals surface area (Å²) in [4.78, 5) is 0. The van der Waals surface area contributed by atoms with Gasteiger partial charge in [0.25, 0.3) is 0 Å². The number of benzene rings is 1. The van der Waals surface area contributed by atoms with Gasteiger partial charge in [0.05, 0.1) is 0 Å². The lowest BCUT2D eigenvalue weighted by molar-refractivity contribution is 0.263. The molecule has 0 spiro atoms. The van der Waals surface area contributed by atoms with Crippen molar-refractivity contribution >= 4 is 21.4 Å². The van der Waals surface area contributed by atoms with Gasteiger partial charge in [-0.1, -0.05) is 44.4 Å². The van der Waals surface area contributed by atoms with E-state index >= 15 is 0 Å². The maximum Gasteiger partial charge on any atom is 0.0346 e. The van der Waals surface area contributed by atoms with E-state index < -0.39 is 0 Å². The first-order valence-corrected chi connectivity index (χ1v) is 7.96. The van der Waals surface area contributed by atoms with Gasteiger partial charge in [-0.25, -0.2) is 0 Å². The van der Waals surface area contributed by atoms with Crippen LogP contribution in [0.1, 0.15) is 44.2 Å². The van der Waals surface area contributed by atoms with Crippen LogP contribution >= 0.6 is 11.3 Å². The highest BCUT2D eigenvalue weighted by molar-refractivity contribution is 7.17. The minimum Gasteiger partial charge on any atom is -0.310 e. The lowest BCUT2D eigenvalue weighted by Crippen LogP contribution is -2.25. The van der Waals surface area contributed by atoms with E-state index in [0.29, 0.717) is 6.04 Å². The maximum atomic E-state index is 3.68. The van der Waals surface area contributed by atoms with E-state index in [1.54, 1.807) is 0 Å². The standard InChI is InChI=1S/C16H21NS/c1-2-17-15(10-12-6-5-7-12)14-11-18-16-9-4-3-8-13(14)16/h3-4,8-9,11-12,15,17H,2,5-7,10H2,1H3. The fourth-order valence-corrected chi connectivity index (χ4v) is 3.91. The molecule has 0 radical (unpaired) electrons. The van der Waals surface area contributed by atoms with Gasteiger partial charge in [0, 0.05) is 10.7 Å². The van der Waals surface area contributed by atoms with Crippen molar-refractivity contribution in [2.24, 2.45) is 5.92 Å². The number of hydrogen-bond acceptors (Lipinski definition) is 2. The van der Waals surface area contributed by atoms with Crippen molar-refractivity contribution < 1.29 is 0 Å². The zero-order valence-electron chi connectivity index (χ0n) is 11.0. The fourth-order valence-electron chi connectivity index (χ4n) is 2.90. The van der Waals surface area contributed by atoms with Gasteiger partial charge in [-0.2, -0.15) is 0 Å². The van der Waals surface area contributed by atoms with Gasteiger partial charge in [-0.3, -0.25) is 0 Å². The average Bonchev–Trinajstić information content (AvgIpc) is 2.76. The fraction of sp³-hybridized carbons (Fsp3) is 0.500. The summed E-state index contributed by atoms with van der Waals surface area (Å²) < 4.78 is 1.42. The smallest absolute Gasteiger partial charge is 0.0346 e. The highest BCUT2D eigenvalue weighted by Crippen LogP contribution is 2.38. The molecule has 1 nitrogen and oxygen atoms in total. The van der Waals surface area contributed by atoms with Crippen molar-refractivity contribution in [2.75, 3.05) is 6.54 Å². The van der Waals surface area contributed by atoms with E-state index in [1.807, 2.05) is 11.3 Å². The SMILES string of the molecule is CCNC(CC1CCC1)c1csc2ccccc12. The Hall–Kier alpha value is -0.860. The van der Waals surface area contributed by atoms with Crippen molar-refractivity contribution in [1.82, 2.24) is 5.32 Å². The second-order valence-corrected chi connectivity index (χ2v) is 6.24. The summed E-state index contributed by atoms with van der Waals surface area (Å²) in [5, 5.41) is 7.49. The van der Waals surface area contributed by atoms with Crippen molar-refractivity contribution in [1.29, 1.82) is 0 Å². The van der Waals surface area contributed by atoms with Crippen LogP contribution in [0.5, 0.6) is 0 Å². The summed E-state index contributed by atoms with van der Waals surface area (Å²) in [5.74, 6) is 0.952. The third-order valence-corrected chi connectivity index (χ3v) is 5.11. The first kappa shape index (κ1) is 12.2. The molecule has 1 heterocycles. The van der Waals surface area contributed by atoms with Crippen molar-refractivity contribution in [2.45, 2.75) is 38.6 Å². The Morgan fingerprint density at radius 2 is 2.17 bits per heavy atom. The highest BCUT2D eigenvalue weighted by Gasteiger charge is 2.24. The van der Waals surface area contributed by atoms with Crippen LogP contribution < -0.4 is 5.32 Å². The molecule has 1 unspecified atom stereocenters. The van der Waals surface area contributed by atoms with Crippen molar-refractivity contribution in [3.05, 3.63) is 35.2 Å². The number of hydrogen-bond donors (Lipinski definition) is 1. The number of fused-ring (bicyclic) bond motifs is 1. The Bertz CT molecular complexity index is 513. The van der Waals surface area contributed by atoms with Crippen LogP contribution in [-0.2, 0) is 0 Å². The van der Waals surface area contributed by atoms with Gasteiger partial charge in [0.2, 0.25) is 0 Å². The predicted octanol–water partition coefficient (Wildman–Crippen LogP) is 4.74. The number of rotatable bonds is 5. The van der Waals surface area contributed by atoms with Gasteiger partial charge in [-0.05, 0) is 41.3 Å². The summed E-state index contributed by atoms with van der Waals surface area (Å²) in [6, 6.07) is 9.35. The Morgan fingerprint density at radius 3 is 2.89 bits per heavy atom. The van der Waals surface area contributed by atoms with E-state index in [0.717, 1.165) is 12.5 Å². The third kappa shape index (κ3) is 2.32. The molecule has 0 aliphatic heterocycles. The molecule has 1 fully saturated rings. The van der Waals surface area contributed by atoms with Crippen LogP contribution in [0.4, 0.5) is 0 Å². The number of thiophene rings is 1. The van der Waals surface area contributed by atoms with Gasteiger partial charge in [0.1, 0.15) is 0 Å². The molecule has 1 N–H and O–H groups in total. The second-order valence-electron chi connectivity index (χ2n) is 5.33. The van der Waals surface area contributed by atoms with Gasteiger partial charge in [-0.15, -0.1) is 11.3 Å². The quantitative estimate of drug-likeness (QED) is 0.817. The van der Waals surface area contributed by atoms with Crippen LogP contribution in [0.15, 0.2) is 29.6 Å². The van der Waals surface area contributed by atoms with Crippen LogP contribution in [0.25, 0.3) is 10.1 Å². The summed E-state index contributed by atoms with van der Waals surface area (Å²) in [6.45, 7) is 3.27. The third-order valence-electron chi connectivity index (χ3n) is 4.13. The molecule has 0 amide bonds. The van der Waals surface area contributed by atoms with E-state index in [2.05, 4.69) is 41.9 Å². The van der Waals surface area contributed by atoms with E-state index in [9.17, 15) is 0 Å². The van der Waals surface area contributed by atoms with Crippen molar-refractivity contribution in [3.8, 4) is 0 Å². The van der Waals surface area contributed by atoms with E-state index in [-0.39, 0.29) is 0 Å². The van der Waals surface area contributed by atoms with Gasteiger partial charge in [0.15, 0.2) is 0 Å². The molecule has 1 aromatic carbocycles. The monoisotopic (exact) mass is 259 g/mol. The minimum atomic E-state index is 0.552. The zero-order chi connectivity index (χ0) is 12.4. The molecule has 2 heteroatoms. The molecule has 2 aromatic rings. The topological polar surface area (TPSA) is 12.0 Å². The van der Waals surface area contributed by atoms with Gasteiger partial charge < -0.3 is 5.32 Å². The van der Waals surface area contributed by atoms with Crippen LogP contribution in [0, 0.1) is 5.92 Å². The zero-order valence-corrected chi connectivity index (χ0v) is 11.8. The first-order valence-electron chi connectivity index (χ1n) is 7.08. The van der Waals surface area contributed by atoms with E-state index in [1.165, 1.54) is 41.3 Å². The Labute approximate surface area is 113 Å². The van der Waals surface area contributed by atoms with Crippen LogP contribution in [-0.4, -0.2) is 6.54 Å². The molecule has 1 aromatic heterocycles. The molecular formula is C16H21NS. The summed E-state index contributed by atoms with van der Waals surface area (Å²) in [7, 11) is 0. The minimum absolute atomic E-state index is 0.552. The van der Waals surface area contributed by atoms with Crippen molar-refractivity contribution in [3.63, 3.8) is 0 Å². The maximum absolute atomic E-state index is 3.68. The Balaban J connectivity index is 1.87. The Kier molecular flexibility index (Phi) is 3.67. The molecule has 0 saturated heterocycles. The Morgan fingerprint density at radius 1 is 1.33 bits per heavy atom. The molecule has 3 rings (SSSR count). The first-order chi connectivity index (χ1) is 8.88.